The van der Waals surface area contributed by atoms with Crippen LogP contribution < -0.4 is 20.9 Å². The topological polar surface area (TPSA) is 79.5 Å². The fourth-order valence-corrected chi connectivity index (χ4v) is 3.02. The minimum atomic E-state index is -0.477. The van der Waals surface area contributed by atoms with Crippen LogP contribution in [0.25, 0.3) is 6.08 Å². The highest BCUT2D eigenvalue weighted by Gasteiger charge is 2.17. The average Bonchev–Trinajstić information content (AvgIpc) is 2.80. The van der Waals surface area contributed by atoms with Gasteiger partial charge < -0.3 is 10.1 Å². The molecule has 0 fully saturated rings. The molecule has 3 aromatic carbocycles. The number of benzene rings is 3. The van der Waals surface area contributed by atoms with E-state index in [1.807, 2.05) is 26.8 Å². The standard InChI is InChI=1S/C26H25Cl2N3O3/c1-26(2,3)31-30-25(33)23(29-24(32)18-7-5-4-6-8-18)15-17-9-11-19(12-10-17)34-20-13-14-21(27)22(28)16-20/h4-16,31H,1-3H3,(H,29,32)(H,30,33). The number of hydrogen-bond donors (Lipinski definition) is 3. The summed E-state index contributed by atoms with van der Waals surface area (Å²) in [7, 11) is 0. The first-order valence-electron chi connectivity index (χ1n) is 10.5. The van der Waals surface area contributed by atoms with Gasteiger partial charge in [0.05, 0.1) is 10.0 Å². The third-order valence-corrected chi connectivity index (χ3v) is 5.14. The van der Waals surface area contributed by atoms with Crippen molar-refractivity contribution in [2.24, 2.45) is 0 Å². The van der Waals surface area contributed by atoms with Gasteiger partial charge in [-0.05, 0) is 68.8 Å². The maximum atomic E-state index is 12.8. The van der Waals surface area contributed by atoms with Crippen LogP contribution in [0.3, 0.4) is 0 Å². The number of hydrogen-bond acceptors (Lipinski definition) is 4. The summed E-state index contributed by atoms with van der Waals surface area (Å²) in [5.74, 6) is 0.248. The number of ether oxygens (including phenoxy) is 1. The fraction of sp³-hybridized carbons (Fsp3) is 0.154. The molecule has 3 aromatic rings. The van der Waals surface area contributed by atoms with Gasteiger partial charge in [0.2, 0.25) is 0 Å². The van der Waals surface area contributed by atoms with Crippen LogP contribution in [0.2, 0.25) is 10.0 Å². The average molecular weight is 498 g/mol. The van der Waals surface area contributed by atoms with Gasteiger partial charge in [0.15, 0.2) is 0 Å². The van der Waals surface area contributed by atoms with E-state index in [9.17, 15) is 9.59 Å². The predicted octanol–water partition coefficient (Wildman–Crippen LogP) is 5.98. The van der Waals surface area contributed by atoms with Crippen molar-refractivity contribution in [3.8, 4) is 11.5 Å². The van der Waals surface area contributed by atoms with Crippen molar-refractivity contribution in [3.05, 3.63) is 99.7 Å². The van der Waals surface area contributed by atoms with E-state index in [2.05, 4.69) is 16.2 Å². The Morgan fingerprint density at radius 2 is 1.50 bits per heavy atom. The number of halogens is 2. The summed E-state index contributed by atoms with van der Waals surface area (Å²) >= 11 is 12.0. The molecule has 0 aliphatic rings. The van der Waals surface area contributed by atoms with Crippen molar-refractivity contribution in [1.29, 1.82) is 0 Å². The molecule has 0 saturated heterocycles. The highest BCUT2D eigenvalue weighted by Crippen LogP contribution is 2.29. The molecule has 176 valence electrons. The molecular formula is C26H25Cl2N3O3. The van der Waals surface area contributed by atoms with Crippen molar-refractivity contribution in [2.45, 2.75) is 26.3 Å². The number of carbonyl (C=O) groups is 2. The van der Waals surface area contributed by atoms with Gasteiger partial charge in [0.1, 0.15) is 17.2 Å². The van der Waals surface area contributed by atoms with E-state index in [0.29, 0.717) is 32.7 Å². The van der Waals surface area contributed by atoms with Crippen LogP contribution in [0.4, 0.5) is 0 Å². The van der Waals surface area contributed by atoms with Crippen LogP contribution in [0.5, 0.6) is 11.5 Å². The van der Waals surface area contributed by atoms with Crippen LogP contribution in [0.15, 0.2) is 78.5 Å². The van der Waals surface area contributed by atoms with Gasteiger partial charge >= 0.3 is 0 Å². The van der Waals surface area contributed by atoms with Crippen LogP contribution >= 0.6 is 23.2 Å². The molecule has 34 heavy (non-hydrogen) atoms. The highest BCUT2D eigenvalue weighted by molar-refractivity contribution is 6.42. The Morgan fingerprint density at radius 1 is 0.853 bits per heavy atom. The minimum absolute atomic E-state index is 0.0868. The van der Waals surface area contributed by atoms with Crippen molar-refractivity contribution < 1.29 is 14.3 Å². The largest absolute Gasteiger partial charge is 0.457 e. The molecule has 3 rings (SSSR count). The lowest BCUT2D eigenvalue weighted by atomic mass is 10.1. The molecule has 6 nitrogen and oxygen atoms in total. The van der Waals surface area contributed by atoms with Crippen molar-refractivity contribution in [2.75, 3.05) is 0 Å². The van der Waals surface area contributed by atoms with Crippen molar-refractivity contribution in [1.82, 2.24) is 16.2 Å². The van der Waals surface area contributed by atoms with Crippen LogP contribution in [-0.4, -0.2) is 17.4 Å². The van der Waals surface area contributed by atoms with Gasteiger partial charge in [-0.15, -0.1) is 0 Å². The molecule has 0 atom stereocenters. The van der Waals surface area contributed by atoms with Gasteiger partial charge in [0, 0.05) is 17.2 Å². The summed E-state index contributed by atoms with van der Waals surface area (Å²) in [6.45, 7) is 5.73. The molecule has 2 amide bonds. The molecule has 0 unspecified atom stereocenters. The zero-order valence-corrected chi connectivity index (χ0v) is 20.5. The molecule has 0 radical (unpaired) electrons. The van der Waals surface area contributed by atoms with Gasteiger partial charge in [-0.2, -0.15) is 0 Å². The fourth-order valence-electron chi connectivity index (χ4n) is 2.73. The molecule has 0 aromatic heterocycles. The second kappa shape index (κ2) is 11.2. The number of hydrazine groups is 1. The summed E-state index contributed by atoms with van der Waals surface area (Å²) in [5.41, 5.74) is 6.41. The molecule has 8 heteroatoms. The number of amides is 2. The normalized spacial score (nSPS) is 11.6. The molecule has 3 N–H and O–H groups in total. The lowest BCUT2D eigenvalue weighted by molar-refractivity contribution is -0.119. The van der Waals surface area contributed by atoms with Gasteiger partial charge in [-0.25, -0.2) is 5.43 Å². The van der Waals surface area contributed by atoms with E-state index < -0.39 is 11.8 Å². The SMILES string of the molecule is CC(C)(C)NNC(=O)C(=Cc1ccc(Oc2ccc(Cl)c(Cl)c2)cc1)NC(=O)c1ccccc1. The molecule has 0 bridgehead atoms. The van der Waals surface area contributed by atoms with E-state index in [1.165, 1.54) is 0 Å². The molecule has 0 spiro atoms. The van der Waals surface area contributed by atoms with E-state index >= 15 is 0 Å². The molecule has 0 aliphatic heterocycles. The van der Waals surface area contributed by atoms with Crippen LogP contribution in [-0.2, 0) is 4.79 Å². The number of nitrogens with one attached hydrogen (secondary N) is 3. The molecule has 0 saturated carbocycles. The van der Waals surface area contributed by atoms with Gasteiger partial charge in [-0.1, -0.05) is 53.5 Å². The Bertz CT molecular complexity index is 1190. The van der Waals surface area contributed by atoms with Gasteiger partial charge in [-0.3, -0.25) is 15.0 Å². The first kappa shape index (κ1) is 25.3. The van der Waals surface area contributed by atoms with Crippen molar-refractivity contribution >= 4 is 41.1 Å². The lowest BCUT2D eigenvalue weighted by Crippen LogP contribution is -2.50. The second-order valence-electron chi connectivity index (χ2n) is 8.45. The Kier molecular flexibility index (Phi) is 8.34. The third-order valence-electron chi connectivity index (χ3n) is 4.40. The molecular weight excluding hydrogens is 473 g/mol. The zero-order valence-electron chi connectivity index (χ0n) is 19.0. The monoisotopic (exact) mass is 497 g/mol. The summed E-state index contributed by atoms with van der Waals surface area (Å²) in [4.78, 5) is 25.5. The van der Waals surface area contributed by atoms with E-state index in [0.717, 1.165) is 0 Å². The van der Waals surface area contributed by atoms with Gasteiger partial charge in [0.25, 0.3) is 11.8 Å². The Balaban J connectivity index is 1.80. The van der Waals surface area contributed by atoms with E-state index in [1.54, 1.807) is 72.8 Å². The Morgan fingerprint density at radius 3 is 2.12 bits per heavy atom. The van der Waals surface area contributed by atoms with Crippen LogP contribution in [0.1, 0.15) is 36.7 Å². The Hall–Kier alpha value is -3.32. The number of rotatable bonds is 7. The van der Waals surface area contributed by atoms with E-state index in [-0.39, 0.29) is 11.2 Å². The first-order chi connectivity index (χ1) is 16.1. The highest BCUT2D eigenvalue weighted by atomic mass is 35.5. The minimum Gasteiger partial charge on any atom is -0.457 e. The lowest BCUT2D eigenvalue weighted by Gasteiger charge is -2.21. The summed E-state index contributed by atoms with van der Waals surface area (Å²) < 4.78 is 5.80. The van der Waals surface area contributed by atoms with Crippen LogP contribution in [0, 0.1) is 0 Å². The smallest absolute Gasteiger partial charge is 0.281 e. The first-order valence-corrected chi connectivity index (χ1v) is 11.2. The maximum Gasteiger partial charge on any atom is 0.281 e. The maximum absolute atomic E-state index is 12.8. The Labute approximate surface area is 208 Å². The third kappa shape index (κ3) is 7.63. The molecule has 0 aliphatic carbocycles. The summed E-state index contributed by atoms with van der Waals surface area (Å²) in [6.07, 6.45) is 1.59. The van der Waals surface area contributed by atoms with Crippen molar-refractivity contribution in [3.63, 3.8) is 0 Å². The summed E-state index contributed by atoms with van der Waals surface area (Å²) in [5, 5.41) is 3.53. The molecule has 0 heterocycles. The second-order valence-corrected chi connectivity index (χ2v) is 9.27. The number of carbonyl (C=O) groups excluding carboxylic acids is 2. The van der Waals surface area contributed by atoms with E-state index in [4.69, 9.17) is 27.9 Å². The zero-order chi connectivity index (χ0) is 24.7. The summed E-state index contributed by atoms with van der Waals surface area (Å²) in [6, 6.07) is 20.7. The quantitative estimate of drug-likeness (QED) is 0.277. The predicted molar refractivity (Wildman–Crippen MR) is 136 cm³/mol.